The van der Waals surface area contributed by atoms with Gasteiger partial charge in [-0.2, -0.15) is 0 Å². The highest BCUT2D eigenvalue weighted by atomic mass is 19.1. The molecule has 0 amide bonds. The van der Waals surface area contributed by atoms with Crippen LogP contribution in [-0.2, 0) is 0 Å². The Kier molecular flexibility index (Phi) is 9.34. The molecule has 1 heterocycles. The smallest absolute Gasteiger partial charge is 0.161 e. The second-order valence-corrected chi connectivity index (χ2v) is 4.54. The topological polar surface area (TPSA) is 38.9 Å². The normalized spacial score (nSPS) is 8.70. The van der Waals surface area contributed by atoms with Crippen LogP contribution in [0.4, 0.5) is 10.1 Å². The number of aryl methyl sites for hydroxylation is 3. The van der Waals surface area contributed by atoms with E-state index in [9.17, 15) is 4.39 Å². The van der Waals surface area contributed by atoms with Crippen molar-refractivity contribution in [3.8, 4) is 11.8 Å². The number of aromatic nitrogens is 1. The molecule has 2 rings (SSSR count). The summed E-state index contributed by atoms with van der Waals surface area (Å²) >= 11 is 0. The first kappa shape index (κ1) is 20.7. The number of halogens is 1. The molecule has 2 nitrogen and oxygen atoms in total. The maximum Gasteiger partial charge on any atom is 0.161 e. The molecule has 3 heteroatoms. The SMILES string of the molecule is CC.CC.Cc1cc(C#Cc2c(C)ccc(N)c2F)cnc1C.[HH]. The van der Waals surface area contributed by atoms with Gasteiger partial charge in [-0.25, -0.2) is 4.39 Å². The fourth-order valence-corrected chi connectivity index (χ4v) is 1.69. The third kappa shape index (κ3) is 5.75. The molecule has 2 aromatic rings. The molecule has 0 aliphatic rings. The molecule has 0 bridgehead atoms. The van der Waals surface area contributed by atoms with Crippen molar-refractivity contribution in [3.63, 3.8) is 0 Å². The number of rotatable bonds is 0. The van der Waals surface area contributed by atoms with Crippen molar-refractivity contribution in [1.29, 1.82) is 0 Å². The number of nitrogens with zero attached hydrogens (tertiary/aromatic N) is 1. The van der Waals surface area contributed by atoms with E-state index in [1.165, 1.54) is 0 Å². The summed E-state index contributed by atoms with van der Waals surface area (Å²) in [7, 11) is 0. The summed E-state index contributed by atoms with van der Waals surface area (Å²) in [5, 5.41) is 0. The van der Waals surface area contributed by atoms with Crippen LogP contribution in [0, 0.1) is 38.4 Å². The summed E-state index contributed by atoms with van der Waals surface area (Å²) in [4.78, 5) is 4.23. The van der Waals surface area contributed by atoms with E-state index in [4.69, 9.17) is 5.73 Å². The first-order valence-corrected chi connectivity index (χ1v) is 7.99. The minimum atomic E-state index is -0.454. The van der Waals surface area contributed by atoms with Crippen LogP contribution < -0.4 is 5.73 Å². The molecule has 1 aromatic heterocycles. The average molecular weight is 316 g/mol. The van der Waals surface area contributed by atoms with Gasteiger partial charge >= 0.3 is 0 Å². The van der Waals surface area contributed by atoms with Gasteiger partial charge in [0.05, 0.1) is 11.3 Å². The third-order valence-corrected chi connectivity index (χ3v) is 3.05. The Bertz CT molecular complexity index is 701. The van der Waals surface area contributed by atoms with Gasteiger partial charge in [-0.05, 0) is 44.0 Å². The van der Waals surface area contributed by atoms with Crippen molar-refractivity contribution in [1.82, 2.24) is 4.98 Å². The van der Waals surface area contributed by atoms with E-state index in [0.29, 0.717) is 5.56 Å². The summed E-state index contributed by atoms with van der Waals surface area (Å²) < 4.78 is 13.9. The van der Waals surface area contributed by atoms with Crippen LogP contribution in [0.5, 0.6) is 0 Å². The predicted octanol–water partition coefficient (Wildman–Crippen LogP) is 5.43. The van der Waals surface area contributed by atoms with Crippen LogP contribution in [0.25, 0.3) is 0 Å². The van der Waals surface area contributed by atoms with Crippen molar-refractivity contribution in [3.05, 3.63) is 58.2 Å². The van der Waals surface area contributed by atoms with Gasteiger partial charge in [-0.15, -0.1) is 0 Å². The molecule has 0 aliphatic heterocycles. The lowest BCUT2D eigenvalue weighted by Gasteiger charge is -2.03. The molecule has 0 unspecified atom stereocenters. The molecule has 0 fully saturated rings. The molecule has 0 saturated carbocycles. The van der Waals surface area contributed by atoms with Crippen molar-refractivity contribution >= 4 is 5.69 Å². The first-order valence-electron chi connectivity index (χ1n) is 7.99. The lowest BCUT2D eigenvalue weighted by Crippen LogP contribution is -1.96. The largest absolute Gasteiger partial charge is 0.396 e. The molecular weight excluding hydrogens is 287 g/mol. The summed E-state index contributed by atoms with van der Waals surface area (Å²) in [6.45, 7) is 13.7. The Morgan fingerprint density at radius 1 is 1.00 bits per heavy atom. The number of anilines is 1. The minimum Gasteiger partial charge on any atom is -0.396 e. The maximum atomic E-state index is 13.9. The average Bonchev–Trinajstić information content (AvgIpc) is 2.58. The Labute approximate surface area is 141 Å². The molecule has 23 heavy (non-hydrogen) atoms. The summed E-state index contributed by atoms with van der Waals surface area (Å²) in [6, 6.07) is 5.25. The van der Waals surface area contributed by atoms with Crippen molar-refractivity contribution < 1.29 is 5.82 Å². The number of pyridine rings is 1. The van der Waals surface area contributed by atoms with E-state index in [0.717, 1.165) is 22.4 Å². The molecule has 0 aliphatic carbocycles. The highest BCUT2D eigenvalue weighted by Crippen LogP contribution is 2.18. The summed E-state index contributed by atoms with van der Waals surface area (Å²) in [5.74, 6) is 5.32. The van der Waals surface area contributed by atoms with Crippen LogP contribution >= 0.6 is 0 Å². The van der Waals surface area contributed by atoms with E-state index >= 15 is 0 Å². The molecule has 0 saturated heterocycles. The Morgan fingerprint density at radius 2 is 1.61 bits per heavy atom. The lowest BCUT2D eigenvalue weighted by atomic mass is 10.1. The molecule has 0 radical (unpaired) electrons. The zero-order valence-electron chi connectivity index (χ0n) is 15.2. The van der Waals surface area contributed by atoms with E-state index in [1.54, 1.807) is 18.3 Å². The number of hydrogen-bond acceptors (Lipinski definition) is 2. The second kappa shape index (κ2) is 10.4. The van der Waals surface area contributed by atoms with E-state index in [-0.39, 0.29) is 7.11 Å². The van der Waals surface area contributed by atoms with Gasteiger partial charge in [-0.1, -0.05) is 45.6 Å². The van der Waals surface area contributed by atoms with Gasteiger partial charge in [0.15, 0.2) is 5.82 Å². The van der Waals surface area contributed by atoms with Crippen LogP contribution in [0.3, 0.4) is 0 Å². The number of hydrogen-bond donors (Lipinski definition) is 1. The number of nitrogen functional groups attached to an aromatic ring is 1. The number of nitrogens with two attached hydrogens (primary N) is 1. The van der Waals surface area contributed by atoms with E-state index in [2.05, 4.69) is 16.8 Å². The highest BCUT2D eigenvalue weighted by molar-refractivity contribution is 5.54. The maximum absolute atomic E-state index is 13.9. The third-order valence-electron chi connectivity index (χ3n) is 3.05. The van der Waals surface area contributed by atoms with Gasteiger partial charge in [0.25, 0.3) is 0 Å². The number of benzene rings is 1. The molecule has 126 valence electrons. The van der Waals surface area contributed by atoms with Gasteiger partial charge in [-0.3, -0.25) is 4.98 Å². The Morgan fingerprint density at radius 3 is 2.17 bits per heavy atom. The monoisotopic (exact) mass is 316 g/mol. The molecule has 0 spiro atoms. The van der Waals surface area contributed by atoms with E-state index < -0.39 is 5.82 Å². The second-order valence-electron chi connectivity index (χ2n) is 4.54. The summed E-state index contributed by atoms with van der Waals surface area (Å²) in [6.07, 6.45) is 1.69. The fraction of sp³-hybridized carbons (Fsp3) is 0.350. The molecule has 1 aromatic carbocycles. The zero-order chi connectivity index (χ0) is 18.0. The standard InChI is InChI=1S/C16H15FN2.2C2H6.H2/c1-10-4-7-15(18)16(17)14(10)6-5-13-8-11(2)12(3)19-9-13;2*1-2;/h4,7-9H,18H2,1-3H3;2*1-2H3;1H. The van der Waals surface area contributed by atoms with Crippen LogP contribution in [0.1, 0.15) is 57.1 Å². The van der Waals surface area contributed by atoms with Crippen molar-refractivity contribution in [2.24, 2.45) is 0 Å². The molecule has 0 atom stereocenters. The van der Waals surface area contributed by atoms with Gasteiger partial charge in [0.2, 0.25) is 0 Å². The quantitative estimate of drug-likeness (QED) is 0.520. The summed E-state index contributed by atoms with van der Waals surface area (Å²) in [5.41, 5.74) is 9.59. The van der Waals surface area contributed by atoms with Crippen LogP contribution in [-0.4, -0.2) is 4.98 Å². The molecular formula is C20H29FN2. The van der Waals surface area contributed by atoms with Crippen LogP contribution in [0.2, 0.25) is 0 Å². The van der Waals surface area contributed by atoms with Crippen molar-refractivity contribution in [2.45, 2.75) is 48.5 Å². The van der Waals surface area contributed by atoms with Crippen molar-refractivity contribution in [2.75, 3.05) is 5.73 Å². The van der Waals surface area contributed by atoms with Crippen LogP contribution in [0.15, 0.2) is 24.4 Å². The lowest BCUT2D eigenvalue weighted by molar-refractivity contribution is 0.628. The minimum absolute atomic E-state index is 0. The fourth-order valence-electron chi connectivity index (χ4n) is 1.69. The zero-order valence-corrected chi connectivity index (χ0v) is 15.2. The highest BCUT2D eigenvalue weighted by Gasteiger charge is 2.06. The van der Waals surface area contributed by atoms with Gasteiger partial charge < -0.3 is 5.73 Å². The first-order chi connectivity index (χ1) is 11.0. The van der Waals surface area contributed by atoms with Gasteiger partial charge in [0, 0.05) is 18.9 Å². The Hall–Kier alpha value is -2.34. The van der Waals surface area contributed by atoms with E-state index in [1.807, 2.05) is 54.5 Å². The van der Waals surface area contributed by atoms with Gasteiger partial charge in [0.1, 0.15) is 0 Å². The Balaban J connectivity index is 0. The molecule has 2 N–H and O–H groups in total. The predicted molar refractivity (Wildman–Crippen MR) is 100 cm³/mol.